The topological polar surface area (TPSA) is 56.7 Å². The molecular weight excluding hydrogens is 278 g/mol. The summed E-state index contributed by atoms with van der Waals surface area (Å²) in [5, 5.41) is 9.49. The first-order chi connectivity index (χ1) is 10.4. The second-order valence-electron chi connectivity index (χ2n) is 6.74. The Morgan fingerprint density at radius 2 is 1.82 bits per heavy atom. The number of hydrogen-bond acceptors (Lipinski definition) is 4. The van der Waals surface area contributed by atoms with Crippen molar-refractivity contribution in [3.63, 3.8) is 0 Å². The molecule has 0 saturated carbocycles. The van der Waals surface area contributed by atoms with Gasteiger partial charge in [-0.3, -0.25) is 14.7 Å². The molecule has 120 valence electrons. The van der Waals surface area contributed by atoms with E-state index in [-0.39, 0.29) is 5.41 Å². The first-order valence-electron chi connectivity index (χ1n) is 7.68. The van der Waals surface area contributed by atoms with Gasteiger partial charge in [0.25, 0.3) is 0 Å². The number of piperazine rings is 1. The summed E-state index contributed by atoms with van der Waals surface area (Å²) in [6.45, 7) is 9.37. The lowest BCUT2D eigenvalue weighted by Gasteiger charge is -2.38. The third kappa shape index (κ3) is 4.56. The third-order valence-corrected chi connectivity index (χ3v) is 3.77. The van der Waals surface area contributed by atoms with Gasteiger partial charge in [0.15, 0.2) is 0 Å². The summed E-state index contributed by atoms with van der Waals surface area (Å²) in [5.74, 6) is -0.780. The third-order valence-electron chi connectivity index (χ3n) is 3.77. The van der Waals surface area contributed by atoms with Gasteiger partial charge in [0.1, 0.15) is 6.04 Å². The minimum absolute atomic E-state index is 0.00738. The highest BCUT2D eigenvalue weighted by atomic mass is 16.4. The van der Waals surface area contributed by atoms with E-state index in [4.69, 9.17) is 0 Å². The Morgan fingerprint density at radius 3 is 2.32 bits per heavy atom. The van der Waals surface area contributed by atoms with Crippen molar-refractivity contribution in [2.75, 3.05) is 31.1 Å². The van der Waals surface area contributed by atoms with Crippen molar-refractivity contribution in [1.29, 1.82) is 0 Å². The van der Waals surface area contributed by atoms with Crippen LogP contribution >= 0.6 is 0 Å². The van der Waals surface area contributed by atoms with Crippen molar-refractivity contribution >= 4 is 11.7 Å². The fourth-order valence-electron chi connectivity index (χ4n) is 2.55. The van der Waals surface area contributed by atoms with E-state index < -0.39 is 12.0 Å². The van der Waals surface area contributed by atoms with Gasteiger partial charge in [0.2, 0.25) is 0 Å². The van der Waals surface area contributed by atoms with E-state index in [0.717, 1.165) is 31.9 Å². The minimum atomic E-state index is -0.780. The number of carbonyl (C=O) groups is 1. The first-order valence-corrected chi connectivity index (χ1v) is 7.68. The summed E-state index contributed by atoms with van der Waals surface area (Å²) in [4.78, 5) is 19.9. The van der Waals surface area contributed by atoms with Crippen molar-refractivity contribution in [1.82, 2.24) is 9.88 Å². The average Bonchev–Trinajstić information content (AvgIpc) is 2.47. The van der Waals surface area contributed by atoms with Gasteiger partial charge in [-0.05, 0) is 17.5 Å². The SMILES string of the molecule is CC(C)(C)/C=C/[C@@H](C(=O)O)N1CCN(c2ccncc2)CC1. The standard InChI is InChI=1S/C17H25N3O2/c1-17(2,3)7-4-15(16(21)22)20-12-10-19(11-13-20)14-5-8-18-9-6-14/h4-9,15H,10-13H2,1-3H3,(H,21,22)/b7-4+/t15-/m0/s1. The maximum absolute atomic E-state index is 11.6. The molecule has 1 N–H and O–H groups in total. The van der Waals surface area contributed by atoms with E-state index in [2.05, 4.69) is 30.7 Å². The molecule has 1 aliphatic rings. The number of carboxylic acid groups (broad SMARTS) is 1. The summed E-state index contributed by atoms with van der Waals surface area (Å²) in [5.41, 5.74) is 1.14. The molecule has 22 heavy (non-hydrogen) atoms. The number of carboxylic acids is 1. The van der Waals surface area contributed by atoms with Crippen LogP contribution in [0.4, 0.5) is 5.69 Å². The predicted octanol–water partition coefficient (Wildman–Crippen LogP) is 2.26. The molecule has 1 aliphatic heterocycles. The number of anilines is 1. The van der Waals surface area contributed by atoms with Gasteiger partial charge in [-0.15, -0.1) is 0 Å². The molecule has 5 heteroatoms. The van der Waals surface area contributed by atoms with Gasteiger partial charge >= 0.3 is 5.97 Å². The minimum Gasteiger partial charge on any atom is -0.480 e. The van der Waals surface area contributed by atoms with Crippen LogP contribution in [0.1, 0.15) is 20.8 Å². The maximum atomic E-state index is 11.6. The summed E-state index contributed by atoms with van der Waals surface area (Å²) < 4.78 is 0. The van der Waals surface area contributed by atoms with Gasteiger partial charge in [-0.1, -0.05) is 32.9 Å². The van der Waals surface area contributed by atoms with Crippen molar-refractivity contribution < 1.29 is 9.90 Å². The number of nitrogens with zero attached hydrogens (tertiary/aromatic N) is 3. The normalized spacial score (nSPS) is 18.6. The Labute approximate surface area is 132 Å². The lowest BCUT2D eigenvalue weighted by Crippen LogP contribution is -2.52. The summed E-state index contributed by atoms with van der Waals surface area (Å²) >= 11 is 0. The monoisotopic (exact) mass is 303 g/mol. The molecule has 1 atom stereocenters. The number of rotatable bonds is 4. The predicted molar refractivity (Wildman–Crippen MR) is 88.0 cm³/mol. The average molecular weight is 303 g/mol. The Bertz CT molecular complexity index is 514. The fourth-order valence-corrected chi connectivity index (χ4v) is 2.55. The highest BCUT2D eigenvalue weighted by Gasteiger charge is 2.27. The van der Waals surface area contributed by atoms with Crippen molar-refractivity contribution in [2.45, 2.75) is 26.8 Å². The molecule has 0 aromatic carbocycles. The fraction of sp³-hybridized carbons (Fsp3) is 0.529. The van der Waals surface area contributed by atoms with E-state index in [1.807, 2.05) is 29.2 Å². The Kier molecular flexibility index (Phi) is 5.19. The smallest absolute Gasteiger partial charge is 0.324 e. The highest BCUT2D eigenvalue weighted by Crippen LogP contribution is 2.19. The number of hydrogen-bond donors (Lipinski definition) is 1. The molecule has 1 saturated heterocycles. The van der Waals surface area contributed by atoms with Crippen LogP contribution in [0.25, 0.3) is 0 Å². The zero-order valence-corrected chi connectivity index (χ0v) is 13.6. The van der Waals surface area contributed by atoms with Gasteiger partial charge in [-0.2, -0.15) is 0 Å². The number of allylic oxidation sites excluding steroid dienone is 1. The molecule has 1 aromatic heterocycles. The molecule has 2 rings (SSSR count). The molecule has 0 unspecified atom stereocenters. The van der Waals surface area contributed by atoms with Crippen LogP contribution in [0.3, 0.4) is 0 Å². The molecule has 0 amide bonds. The van der Waals surface area contributed by atoms with Crippen molar-refractivity contribution in [3.8, 4) is 0 Å². The second-order valence-corrected chi connectivity index (χ2v) is 6.74. The van der Waals surface area contributed by atoms with Crippen LogP contribution in [0.5, 0.6) is 0 Å². The largest absolute Gasteiger partial charge is 0.480 e. The van der Waals surface area contributed by atoms with Crippen LogP contribution < -0.4 is 4.90 Å². The zero-order valence-electron chi connectivity index (χ0n) is 13.6. The molecule has 1 aromatic rings. The van der Waals surface area contributed by atoms with Gasteiger partial charge in [0.05, 0.1) is 0 Å². The van der Waals surface area contributed by atoms with Crippen LogP contribution in [0.15, 0.2) is 36.7 Å². The summed E-state index contributed by atoms with van der Waals surface area (Å²) in [6, 6.07) is 3.44. The van der Waals surface area contributed by atoms with Crippen LogP contribution in [0.2, 0.25) is 0 Å². The van der Waals surface area contributed by atoms with Crippen molar-refractivity contribution in [2.24, 2.45) is 5.41 Å². The second kappa shape index (κ2) is 6.92. The Morgan fingerprint density at radius 1 is 1.23 bits per heavy atom. The number of aliphatic carboxylic acids is 1. The lowest BCUT2D eigenvalue weighted by molar-refractivity contribution is -0.141. The van der Waals surface area contributed by atoms with Crippen molar-refractivity contribution in [3.05, 3.63) is 36.7 Å². The zero-order chi connectivity index (χ0) is 16.2. The highest BCUT2D eigenvalue weighted by molar-refractivity contribution is 5.76. The molecule has 0 bridgehead atoms. The summed E-state index contributed by atoms with van der Waals surface area (Å²) in [7, 11) is 0. The van der Waals surface area contributed by atoms with E-state index in [1.165, 1.54) is 0 Å². The van der Waals surface area contributed by atoms with Gasteiger partial charge < -0.3 is 10.0 Å². The van der Waals surface area contributed by atoms with Gasteiger partial charge in [-0.25, -0.2) is 0 Å². The van der Waals surface area contributed by atoms with E-state index >= 15 is 0 Å². The maximum Gasteiger partial charge on any atom is 0.324 e. The number of aromatic nitrogens is 1. The van der Waals surface area contributed by atoms with Crippen LogP contribution in [-0.2, 0) is 4.79 Å². The molecule has 0 aliphatic carbocycles. The molecule has 5 nitrogen and oxygen atoms in total. The quantitative estimate of drug-likeness (QED) is 0.865. The number of pyridine rings is 1. The van der Waals surface area contributed by atoms with E-state index in [0.29, 0.717) is 0 Å². The molecule has 0 spiro atoms. The first kappa shape index (κ1) is 16.5. The molecular formula is C17H25N3O2. The summed E-state index contributed by atoms with van der Waals surface area (Å²) in [6.07, 6.45) is 7.38. The molecule has 0 radical (unpaired) electrons. The Balaban J connectivity index is 1.99. The molecule has 1 fully saturated rings. The van der Waals surface area contributed by atoms with Gasteiger partial charge in [0, 0.05) is 44.3 Å². The van der Waals surface area contributed by atoms with Crippen LogP contribution in [0, 0.1) is 5.41 Å². The van der Waals surface area contributed by atoms with Crippen LogP contribution in [-0.4, -0.2) is 53.2 Å². The van der Waals surface area contributed by atoms with E-state index in [9.17, 15) is 9.90 Å². The Hall–Kier alpha value is -1.88. The van der Waals surface area contributed by atoms with E-state index in [1.54, 1.807) is 12.4 Å². The molecule has 2 heterocycles. The lowest BCUT2D eigenvalue weighted by atomic mass is 9.95.